The van der Waals surface area contributed by atoms with E-state index in [1.807, 2.05) is 23.1 Å². The number of hydrogen-bond donors (Lipinski definition) is 0. The van der Waals surface area contributed by atoms with Crippen LogP contribution in [0, 0.1) is 5.82 Å². The van der Waals surface area contributed by atoms with Crippen molar-refractivity contribution < 1.29 is 14.0 Å². The molecule has 5 nitrogen and oxygen atoms in total. The number of likely N-dealkylation sites (tertiary alicyclic amines) is 1. The van der Waals surface area contributed by atoms with Gasteiger partial charge in [0.25, 0.3) is 5.91 Å². The molecule has 2 aromatic rings. The minimum Gasteiger partial charge on any atom is -0.367 e. The zero-order valence-corrected chi connectivity index (χ0v) is 17.4. The smallest absolute Gasteiger partial charge is 0.254 e. The van der Waals surface area contributed by atoms with Gasteiger partial charge in [-0.2, -0.15) is 0 Å². The molecule has 2 fully saturated rings. The molecule has 1 amide bonds. The monoisotopic (exact) mass is 409 g/mol. The summed E-state index contributed by atoms with van der Waals surface area (Å²) in [7, 11) is 0. The second-order valence-corrected chi connectivity index (χ2v) is 8.12. The van der Waals surface area contributed by atoms with Crippen LogP contribution in [0.15, 0.2) is 48.5 Å². The Labute approximate surface area is 177 Å². The van der Waals surface area contributed by atoms with Crippen LogP contribution in [0.1, 0.15) is 40.5 Å². The maximum atomic E-state index is 14.1. The summed E-state index contributed by atoms with van der Waals surface area (Å²) in [5.41, 5.74) is 1.65. The number of para-hydroxylation sites is 1. The number of carbonyl (C=O) groups excluding carboxylic acids is 2. The molecule has 4 rings (SSSR count). The Balaban J connectivity index is 1.40. The molecule has 0 N–H and O–H groups in total. The third kappa shape index (κ3) is 4.24. The first-order valence-electron chi connectivity index (χ1n) is 10.7. The van der Waals surface area contributed by atoms with Gasteiger partial charge in [-0.05, 0) is 38.0 Å². The SMILES string of the molecule is CC(=O)c1ccccc1C(=O)N1CCCC(N2CCN(c3ccccc3F)CC2)C1. The minimum atomic E-state index is -0.176. The van der Waals surface area contributed by atoms with E-state index in [1.54, 1.807) is 24.3 Å². The summed E-state index contributed by atoms with van der Waals surface area (Å²) >= 11 is 0. The first-order valence-corrected chi connectivity index (χ1v) is 10.7. The van der Waals surface area contributed by atoms with E-state index in [4.69, 9.17) is 0 Å². The van der Waals surface area contributed by atoms with Crippen LogP contribution in [0.3, 0.4) is 0 Å². The van der Waals surface area contributed by atoms with Crippen molar-refractivity contribution in [3.05, 3.63) is 65.5 Å². The number of piperazine rings is 1. The summed E-state index contributed by atoms with van der Waals surface area (Å²) < 4.78 is 14.1. The third-order valence-corrected chi connectivity index (χ3v) is 6.24. The van der Waals surface area contributed by atoms with Crippen molar-refractivity contribution in [1.29, 1.82) is 0 Å². The van der Waals surface area contributed by atoms with E-state index < -0.39 is 0 Å². The van der Waals surface area contributed by atoms with Gasteiger partial charge in [0.05, 0.1) is 11.3 Å². The van der Waals surface area contributed by atoms with Crippen molar-refractivity contribution in [3.63, 3.8) is 0 Å². The lowest BCUT2D eigenvalue weighted by Crippen LogP contribution is -2.56. The second-order valence-electron chi connectivity index (χ2n) is 8.12. The zero-order chi connectivity index (χ0) is 21.1. The third-order valence-electron chi connectivity index (χ3n) is 6.24. The average Bonchev–Trinajstić information content (AvgIpc) is 2.79. The first kappa shape index (κ1) is 20.5. The maximum absolute atomic E-state index is 14.1. The highest BCUT2D eigenvalue weighted by Gasteiger charge is 2.31. The molecule has 0 saturated carbocycles. The Morgan fingerprint density at radius 1 is 0.900 bits per heavy atom. The number of halogens is 1. The number of carbonyl (C=O) groups is 2. The van der Waals surface area contributed by atoms with Crippen LogP contribution in [0.4, 0.5) is 10.1 Å². The van der Waals surface area contributed by atoms with E-state index in [-0.39, 0.29) is 17.5 Å². The lowest BCUT2D eigenvalue weighted by molar-refractivity contribution is 0.0561. The minimum absolute atomic E-state index is 0.0597. The van der Waals surface area contributed by atoms with Crippen molar-refractivity contribution >= 4 is 17.4 Å². The van der Waals surface area contributed by atoms with Crippen LogP contribution in [0.5, 0.6) is 0 Å². The van der Waals surface area contributed by atoms with Gasteiger partial charge in [0.2, 0.25) is 0 Å². The lowest BCUT2D eigenvalue weighted by Gasteiger charge is -2.44. The van der Waals surface area contributed by atoms with Crippen molar-refractivity contribution in [1.82, 2.24) is 9.80 Å². The van der Waals surface area contributed by atoms with Crippen molar-refractivity contribution in [2.75, 3.05) is 44.2 Å². The van der Waals surface area contributed by atoms with Gasteiger partial charge in [0.15, 0.2) is 5.78 Å². The predicted octanol–water partition coefficient (Wildman–Crippen LogP) is 3.46. The number of benzene rings is 2. The predicted molar refractivity (Wildman–Crippen MR) is 116 cm³/mol. The Morgan fingerprint density at radius 3 is 2.27 bits per heavy atom. The highest BCUT2D eigenvalue weighted by atomic mass is 19.1. The molecule has 30 heavy (non-hydrogen) atoms. The summed E-state index contributed by atoms with van der Waals surface area (Å²) in [5, 5.41) is 0. The Morgan fingerprint density at radius 2 is 1.57 bits per heavy atom. The van der Waals surface area contributed by atoms with Crippen LogP contribution in [-0.4, -0.2) is 66.8 Å². The van der Waals surface area contributed by atoms with Gasteiger partial charge >= 0.3 is 0 Å². The van der Waals surface area contributed by atoms with Gasteiger partial charge in [0.1, 0.15) is 5.82 Å². The fourth-order valence-electron chi connectivity index (χ4n) is 4.62. The number of piperidine rings is 1. The van der Waals surface area contributed by atoms with Gasteiger partial charge in [-0.25, -0.2) is 4.39 Å². The molecule has 2 aromatic carbocycles. The normalized spacial score (nSPS) is 20.3. The molecule has 2 aliphatic heterocycles. The van der Waals surface area contributed by atoms with Crippen LogP contribution < -0.4 is 4.90 Å². The summed E-state index contributed by atoms with van der Waals surface area (Å²) in [6.07, 6.45) is 2.00. The fraction of sp³-hybridized carbons (Fsp3) is 0.417. The number of nitrogens with zero attached hydrogens (tertiary/aromatic N) is 3. The molecule has 1 unspecified atom stereocenters. The molecular formula is C24H28FN3O2. The first-order chi connectivity index (χ1) is 14.5. The molecular weight excluding hydrogens is 381 g/mol. The Kier molecular flexibility index (Phi) is 6.13. The second kappa shape index (κ2) is 8.96. The standard InChI is InChI=1S/C24H28FN3O2/c1-18(29)20-8-2-3-9-21(20)24(30)28-12-6-7-19(17-28)26-13-15-27(16-14-26)23-11-5-4-10-22(23)25/h2-5,8-11,19H,6-7,12-17H2,1H3. The van der Waals surface area contributed by atoms with E-state index >= 15 is 0 Å². The molecule has 2 heterocycles. The molecule has 2 saturated heterocycles. The van der Waals surface area contributed by atoms with E-state index in [0.717, 1.165) is 45.6 Å². The number of anilines is 1. The highest BCUT2D eigenvalue weighted by Crippen LogP contribution is 2.24. The van der Waals surface area contributed by atoms with Crippen LogP contribution in [0.2, 0.25) is 0 Å². The van der Waals surface area contributed by atoms with Crippen LogP contribution in [0.25, 0.3) is 0 Å². The summed E-state index contributed by atoms with van der Waals surface area (Å²) in [4.78, 5) is 31.5. The highest BCUT2D eigenvalue weighted by molar-refractivity contribution is 6.07. The van der Waals surface area contributed by atoms with Gasteiger partial charge in [-0.1, -0.05) is 30.3 Å². The molecule has 1 atom stereocenters. The topological polar surface area (TPSA) is 43.9 Å². The lowest BCUT2D eigenvalue weighted by atomic mass is 9.99. The van der Waals surface area contributed by atoms with E-state index in [1.165, 1.54) is 13.0 Å². The molecule has 0 radical (unpaired) electrons. The van der Waals surface area contributed by atoms with E-state index in [2.05, 4.69) is 9.80 Å². The number of ketones is 1. The van der Waals surface area contributed by atoms with Gasteiger partial charge in [-0.3, -0.25) is 14.5 Å². The fourth-order valence-corrected chi connectivity index (χ4v) is 4.62. The van der Waals surface area contributed by atoms with Crippen LogP contribution in [-0.2, 0) is 0 Å². The van der Waals surface area contributed by atoms with Gasteiger partial charge in [-0.15, -0.1) is 0 Å². The van der Waals surface area contributed by atoms with Gasteiger partial charge < -0.3 is 9.80 Å². The Bertz CT molecular complexity index is 924. The van der Waals surface area contributed by atoms with E-state index in [9.17, 15) is 14.0 Å². The average molecular weight is 410 g/mol. The number of amides is 1. The van der Waals surface area contributed by atoms with Crippen molar-refractivity contribution in [3.8, 4) is 0 Å². The zero-order valence-electron chi connectivity index (χ0n) is 17.4. The maximum Gasteiger partial charge on any atom is 0.254 e. The van der Waals surface area contributed by atoms with Crippen molar-refractivity contribution in [2.24, 2.45) is 0 Å². The van der Waals surface area contributed by atoms with Crippen LogP contribution >= 0.6 is 0 Å². The van der Waals surface area contributed by atoms with E-state index in [0.29, 0.717) is 29.4 Å². The summed E-state index contributed by atoms with van der Waals surface area (Å²) in [6, 6.07) is 14.3. The molecule has 0 bridgehead atoms. The summed E-state index contributed by atoms with van der Waals surface area (Å²) in [6.45, 7) is 6.15. The summed E-state index contributed by atoms with van der Waals surface area (Å²) in [5.74, 6) is -0.322. The molecule has 0 aliphatic carbocycles. The number of Topliss-reactive ketones (excluding diaryl/α,β-unsaturated/α-hetero) is 1. The van der Waals surface area contributed by atoms with Crippen molar-refractivity contribution in [2.45, 2.75) is 25.8 Å². The van der Waals surface area contributed by atoms with Gasteiger partial charge in [0, 0.05) is 50.9 Å². The Hall–Kier alpha value is -2.73. The molecule has 6 heteroatoms. The molecule has 0 spiro atoms. The quantitative estimate of drug-likeness (QED) is 0.726. The molecule has 2 aliphatic rings. The largest absolute Gasteiger partial charge is 0.367 e. The molecule has 158 valence electrons. The number of hydrogen-bond acceptors (Lipinski definition) is 4. The molecule has 0 aromatic heterocycles. The number of rotatable bonds is 4.